The van der Waals surface area contributed by atoms with E-state index in [2.05, 4.69) is 21.8 Å². The number of hydrogen-bond acceptors (Lipinski definition) is 13. The van der Waals surface area contributed by atoms with E-state index in [4.69, 9.17) is 28.3 Å². The van der Waals surface area contributed by atoms with E-state index in [0.717, 1.165) is 32.5 Å². The lowest BCUT2D eigenvalue weighted by atomic mass is 9.77. The molecule has 8 atom stereocenters. The number of nitrogens with one attached hydrogen (secondary N) is 1. The third-order valence-electron chi connectivity index (χ3n) is 13.5. The van der Waals surface area contributed by atoms with Crippen LogP contribution in [-0.2, 0) is 28.7 Å². The maximum Gasteiger partial charge on any atom is 0.310 e. The smallest absolute Gasteiger partial charge is 0.310 e. The van der Waals surface area contributed by atoms with E-state index >= 15 is 0 Å². The highest BCUT2D eigenvalue weighted by Gasteiger charge is 2.61. The van der Waals surface area contributed by atoms with Crippen LogP contribution in [0.4, 0.5) is 6.01 Å². The van der Waals surface area contributed by atoms with E-state index < -0.39 is 40.8 Å². The molecule has 0 spiro atoms. The first-order valence-electron chi connectivity index (χ1n) is 22.3. The molecular weight excluding hydrogens is 795 g/mol. The number of likely N-dealkylation sites (tertiary alicyclic amines) is 1. The molecule has 5 aliphatic rings. The molecule has 5 fully saturated rings. The molecule has 3 aromatic rings. The molecule has 3 aliphatic carbocycles. The Bertz CT molecular complexity index is 2170. The molecule has 334 valence electrons. The number of hydrogen-bond donors (Lipinski definition) is 2. The van der Waals surface area contributed by atoms with Crippen LogP contribution >= 0.6 is 0 Å². The summed E-state index contributed by atoms with van der Waals surface area (Å²) >= 11 is 0. The first-order chi connectivity index (χ1) is 29.6. The number of amides is 1. The Morgan fingerprint density at radius 3 is 2.47 bits per heavy atom. The van der Waals surface area contributed by atoms with Crippen LogP contribution in [0.1, 0.15) is 79.6 Å². The summed E-state index contributed by atoms with van der Waals surface area (Å²) in [6.45, 7) is 17.9. The van der Waals surface area contributed by atoms with Gasteiger partial charge in [0.15, 0.2) is 5.78 Å². The average Bonchev–Trinajstić information content (AvgIpc) is 3.89. The van der Waals surface area contributed by atoms with Crippen molar-refractivity contribution in [2.75, 3.05) is 51.3 Å². The predicted molar refractivity (Wildman–Crippen MR) is 230 cm³/mol. The van der Waals surface area contributed by atoms with Gasteiger partial charge in [-0.05, 0) is 74.8 Å². The summed E-state index contributed by atoms with van der Waals surface area (Å²) in [6.07, 6.45) is 5.29. The first-order valence-corrected chi connectivity index (χ1v) is 22.3. The second-order valence-electron chi connectivity index (χ2n) is 19.4. The van der Waals surface area contributed by atoms with Gasteiger partial charge in [-0.1, -0.05) is 26.8 Å². The van der Waals surface area contributed by atoms with Gasteiger partial charge in [0.25, 0.3) is 6.01 Å². The lowest BCUT2D eigenvalue weighted by Crippen LogP contribution is -2.48. The van der Waals surface area contributed by atoms with E-state index in [-0.39, 0.29) is 55.6 Å². The number of aromatic nitrogens is 2. The van der Waals surface area contributed by atoms with Crippen molar-refractivity contribution in [3.05, 3.63) is 43.2 Å². The highest BCUT2D eigenvalue weighted by Crippen LogP contribution is 2.57. The number of carboxylic acid groups (broad SMARTS) is 1. The Hall–Kier alpha value is -5.02. The second kappa shape index (κ2) is 17.6. The van der Waals surface area contributed by atoms with Crippen molar-refractivity contribution in [3.63, 3.8) is 0 Å². The Balaban J connectivity index is 1.07. The molecule has 15 nitrogen and oxygen atoms in total. The van der Waals surface area contributed by atoms with Gasteiger partial charge in [0.1, 0.15) is 42.3 Å². The number of fused-ring (bicyclic) bond motifs is 2. The molecule has 15 heteroatoms. The zero-order valence-corrected chi connectivity index (χ0v) is 36.6. The highest BCUT2D eigenvalue weighted by molar-refractivity contribution is 5.96. The van der Waals surface area contributed by atoms with Crippen molar-refractivity contribution in [1.82, 2.24) is 19.8 Å². The second-order valence-corrected chi connectivity index (χ2v) is 19.4. The van der Waals surface area contributed by atoms with E-state index in [0.29, 0.717) is 77.9 Å². The molecule has 2 aliphatic heterocycles. The maximum atomic E-state index is 14.8. The van der Waals surface area contributed by atoms with Gasteiger partial charge in [0, 0.05) is 56.0 Å². The topological polar surface area (TPSA) is 183 Å². The fourth-order valence-electron chi connectivity index (χ4n) is 9.64. The molecule has 8 rings (SSSR count). The van der Waals surface area contributed by atoms with Gasteiger partial charge in [-0.15, -0.1) is 6.58 Å². The Morgan fingerprint density at radius 1 is 1.03 bits per heavy atom. The number of pyridine rings is 1. The largest absolute Gasteiger partial charge is 0.492 e. The van der Waals surface area contributed by atoms with Gasteiger partial charge < -0.3 is 38.7 Å². The number of oxazole rings is 1. The van der Waals surface area contributed by atoms with Crippen molar-refractivity contribution < 1.29 is 47.6 Å². The van der Waals surface area contributed by atoms with Crippen LogP contribution in [0.25, 0.3) is 22.3 Å². The lowest BCUT2D eigenvalue weighted by molar-refractivity contribution is -0.157. The third kappa shape index (κ3) is 9.63. The Labute approximate surface area is 362 Å². The van der Waals surface area contributed by atoms with Crippen molar-refractivity contribution in [2.45, 2.75) is 104 Å². The summed E-state index contributed by atoms with van der Waals surface area (Å²) in [5, 5.41) is 14.1. The summed E-state index contributed by atoms with van der Waals surface area (Å²) in [6, 6.07) is 6.83. The molecular formula is C47H61N5O10. The molecule has 3 saturated carbocycles. The summed E-state index contributed by atoms with van der Waals surface area (Å²) in [5.41, 5.74) is -0.382. The minimum absolute atomic E-state index is 0.0438. The van der Waals surface area contributed by atoms with Crippen molar-refractivity contribution in [2.24, 2.45) is 34.5 Å². The predicted octanol–water partition coefficient (Wildman–Crippen LogP) is 6.40. The summed E-state index contributed by atoms with van der Waals surface area (Å²) in [4.78, 5) is 68.6. The van der Waals surface area contributed by atoms with E-state index in [9.17, 15) is 24.3 Å². The fraction of sp³-hybridized carbons (Fsp3) is 0.617. The number of carbonyl (C=O) groups excluding carboxylic acids is 3. The third-order valence-corrected chi connectivity index (χ3v) is 13.5. The van der Waals surface area contributed by atoms with Gasteiger partial charge in [-0.3, -0.25) is 24.1 Å². The number of ether oxygens (including phenoxy) is 4. The van der Waals surface area contributed by atoms with Crippen molar-refractivity contribution in [3.8, 4) is 22.9 Å². The van der Waals surface area contributed by atoms with Gasteiger partial charge in [-0.2, -0.15) is 4.98 Å². The van der Waals surface area contributed by atoms with Crippen molar-refractivity contribution >= 4 is 40.5 Å². The minimum Gasteiger partial charge on any atom is -0.492 e. The molecule has 1 aromatic carbocycles. The number of morpholine rings is 1. The molecule has 0 radical (unpaired) electrons. The number of allylic oxidation sites excluding steroid dienone is 1. The van der Waals surface area contributed by atoms with Crippen LogP contribution in [0.3, 0.4) is 0 Å². The zero-order chi connectivity index (χ0) is 43.9. The number of nitrogens with zero attached hydrogens (tertiary/aromatic N) is 4. The number of rotatable bonds is 18. The minimum atomic E-state index is -1.26. The molecule has 2 saturated heterocycles. The fourth-order valence-corrected chi connectivity index (χ4v) is 9.64. The Kier molecular flexibility index (Phi) is 12.4. The number of benzene rings is 1. The van der Waals surface area contributed by atoms with Crippen LogP contribution in [0.5, 0.6) is 11.5 Å². The van der Waals surface area contributed by atoms with Gasteiger partial charge in [0.05, 0.1) is 54.8 Å². The molecule has 2 aromatic heterocycles. The van der Waals surface area contributed by atoms with Crippen molar-refractivity contribution in [1.29, 1.82) is 0 Å². The number of anilines is 1. The zero-order valence-electron chi connectivity index (χ0n) is 36.6. The molecule has 2 unspecified atom stereocenters. The summed E-state index contributed by atoms with van der Waals surface area (Å²) in [7, 11) is 0. The molecule has 1 amide bonds. The Morgan fingerprint density at radius 2 is 1.79 bits per heavy atom. The van der Waals surface area contributed by atoms with Crippen LogP contribution in [0, 0.1) is 34.5 Å². The molecule has 4 heterocycles. The molecule has 2 N–H and O–H groups in total. The number of aliphatic carboxylic acids is 1. The van der Waals surface area contributed by atoms with Crippen LogP contribution in [0.2, 0.25) is 0 Å². The summed E-state index contributed by atoms with van der Waals surface area (Å²) < 4.78 is 30.1. The number of esters is 1. The van der Waals surface area contributed by atoms with E-state index in [1.807, 2.05) is 52.8 Å². The van der Waals surface area contributed by atoms with Gasteiger partial charge >= 0.3 is 11.9 Å². The monoisotopic (exact) mass is 855 g/mol. The number of carbonyl (C=O) groups is 4. The number of carboxylic acids is 1. The standard InChI is InChI=1S/C47H61N5O10/c1-7-30-23-47(30,44(56)57)24-40(53)39-20-33(25-52(39)43(55)35(46(4,5)6)21-42(54)62-32-17-28-16-29(28)18-32)61-41-22-37(38-26-60-45(50-38)48-27(2)3)49-36-19-31(8-9-34(36)41)59-15-12-51-10-13-58-14-11-51/h7-9,19,22,26-30,32-33,35,39H,1,10-18,20-21,23-25H2,2-6H3,(H,48,50)(H,56,57)/t28-,29?,30+,32?,33+,35+,39-,47+/m0/s1. The van der Waals surface area contributed by atoms with E-state index in [1.54, 1.807) is 12.1 Å². The van der Waals surface area contributed by atoms with Crippen LogP contribution < -0.4 is 14.8 Å². The highest BCUT2D eigenvalue weighted by atomic mass is 16.5. The number of ketones is 1. The number of Topliss-reactive ketones (excluding diaryl/α,β-unsaturated/α-hetero) is 1. The van der Waals surface area contributed by atoms with Gasteiger partial charge in [0.2, 0.25) is 5.91 Å². The van der Waals surface area contributed by atoms with E-state index in [1.165, 1.54) is 17.6 Å². The molecule has 0 bridgehead atoms. The molecule has 62 heavy (non-hydrogen) atoms. The quantitative estimate of drug-likeness (QED) is 0.106. The normalized spacial score (nSPS) is 27.4. The first kappa shape index (κ1) is 43.6. The SMILES string of the molecule is C=C[C@@H]1C[C@]1(CC(=O)[C@@H]1C[C@@H](Oc2cc(-c3coc(NC(C)C)n3)nc3cc(OCCN4CCOCC4)ccc23)CN1C(=O)[C@@H](CC(=O)OC1CC2C[C@H]2C1)C(C)(C)C)C(=O)O. The van der Waals surface area contributed by atoms with Crippen LogP contribution in [0.15, 0.2) is 47.6 Å². The van der Waals surface area contributed by atoms with Gasteiger partial charge in [-0.25, -0.2) is 4.98 Å². The van der Waals surface area contributed by atoms with Crippen LogP contribution in [-0.4, -0.2) is 119 Å². The lowest BCUT2D eigenvalue weighted by Gasteiger charge is -2.35. The maximum absolute atomic E-state index is 14.8. The summed E-state index contributed by atoms with van der Waals surface area (Å²) in [5.74, 6) is -0.987. The average molecular weight is 856 g/mol.